The highest BCUT2D eigenvalue weighted by Gasteiger charge is 2.06. The van der Waals surface area contributed by atoms with Crippen LogP contribution in [-0.2, 0) is 0 Å². The summed E-state index contributed by atoms with van der Waals surface area (Å²) in [6.07, 6.45) is 4.66. The lowest BCUT2D eigenvalue weighted by Gasteiger charge is -1.98. The fourth-order valence-electron chi connectivity index (χ4n) is 0.600. The summed E-state index contributed by atoms with van der Waals surface area (Å²) in [4.78, 5) is 0. The normalized spacial score (nSPS) is 21.3. The maximum Gasteiger partial charge on any atom is 0.0385 e. The van der Waals surface area contributed by atoms with Crippen LogP contribution < -0.4 is 0 Å². The number of allylic oxidation sites excluding steroid dienone is 1. The van der Waals surface area contributed by atoms with Gasteiger partial charge >= 0.3 is 0 Å². The zero-order valence-corrected chi connectivity index (χ0v) is 5.29. The van der Waals surface area contributed by atoms with Gasteiger partial charge in [-0.1, -0.05) is 13.0 Å². The highest BCUT2D eigenvalue weighted by Crippen LogP contribution is 2.33. The van der Waals surface area contributed by atoms with Crippen molar-refractivity contribution in [2.24, 2.45) is 0 Å². The lowest BCUT2D eigenvalue weighted by atomic mass is 10.2. The third kappa shape index (κ3) is 1.23. The van der Waals surface area contributed by atoms with Gasteiger partial charge < -0.3 is 0 Å². The van der Waals surface area contributed by atoms with Crippen molar-refractivity contribution in [1.29, 1.82) is 0 Å². The van der Waals surface area contributed by atoms with Gasteiger partial charge in [0.2, 0.25) is 0 Å². The molecule has 1 heterocycles. The first-order valence-electron chi connectivity index (χ1n) is 2.60. The van der Waals surface area contributed by atoms with Gasteiger partial charge in [-0.05, 0) is 18.2 Å². The van der Waals surface area contributed by atoms with Gasteiger partial charge in [0.05, 0.1) is 0 Å². The van der Waals surface area contributed by atoms with Crippen LogP contribution in [0.25, 0.3) is 0 Å². The summed E-state index contributed by atoms with van der Waals surface area (Å²) < 4.78 is 0. The van der Waals surface area contributed by atoms with Crippen molar-refractivity contribution < 1.29 is 0 Å². The summed E-state index contributed by atoms with van der Waals surface area (Å²) in [7, 11) is 0. The van der Waals surface area contributed by atoms with E-state index in [-0.39, 0.29) is 0 Å². The van der Waals surface area contributed by atoms with E-state index in [9.17, 15) is 0 Å². The minimum atomic E-state index is 1.21. The smallest absolute Gasteiger partial charge is 0.0385 e. The Kier molecular flexibility index (Phi) is 1.80. The molecular formula is C6H9S. The largest absolute Gasteiger partial charge is 0.126 e. The summed E-state index contributed by atoms with van der Waals surface area (Å²) >= 11 is 1.88. The van der Waals surface area contributed by atoms with Crippen LogP contribution in [0.4, 0.5) is 0 Å². The molecule has 0 atom stereocenters. The molecule has 1 aliphatic rings. The second-order valence-corrected chi connectivity index (χ2v) is 2.67. The molecule has 0 unspecified atom stereocenters. The van der Waals surface area contributed by atoms with Crippen LogP contribution in [0.2, 0.25) is 0 Å². The summed E-state index contributed by atoms with van der Waals surface area (Å²) in [5.41, 5.74) is 0. The molecule has 0 fully saturated rings. The second-order valence-electron chi connectivity index (χ2n) is 1.59. The van der Waals surface area contributed by atoms with E-state index in [1.807, 2.05) is 11.8 Å². The van der Waals surface area contributed by atoms with Gasteiger partial charge in [-0.25, -0.2) is 0 Å². The van der Waals surface area contributed by atoms with Crippen molar-refractivity contribution in [3.8, 4) is 0 Å². The predicted octanol–water partition coefficient (Wildman–Crippen LogP) is 2.58. The van der Waals surface area contributed by atoms with Gasteiger partial charge in [0.1, 0.15) is 0 Å². The molecule has 0 N–H and O–H groups in total. The first-order valence-corrected chi connectivity index (χ1v) is 3.48. The van der Waals surface area contributed by atoms with Crippen molar-refractivity contribution in [2.75, 3.05) is 0 Å². The molecule has 0 saturated carbocycles. The highest BCUT2D eigenvalue weighted by molar-refractivity contribution is 8.05. The molecule has 0 aliphatic carbocycles. The number of hydrogen-bond donors (Lipinski definition) is 0. The topological polar surface area (TPSA) is 0 Å². The monoisotopic (exact) mass is 113 g/mol. The van der Waals surface area contributed by atoms with Crippen LogP contribution in [0.1, 0.15) is 19.8 Å². The van der Waals surface area contributed by atoms with E-state index in [0.717, 1.165) is 0 Å². The van der Waals surface area contributed by atoms with Crippen molar-refractivity contribution in [3.05, 3.63) is 16.7 Å². The molecule has 0 aromatic heterocycles. The number of hydrogen-bond acceptors (Lipinski definition) is 1. The molecule has 1 rings (SSSR count). The standard InChI is InChI=1S/C6H9S/c1-2-6-4-3-5-7-6/h3,5H,2,4H2,1H3. The van der Waals surface area contributed by atoms with Crippen molar-refractivity contribution in [2.45, 2.75) is 19.8 Å². The molecule has 0 nitrogen and oxygen atoms in total. The average Bonchev–Trinajstić information content (AvgIpc) is 2.14. The Morgan fingerprint density at radius 2 is 2.71 bits per heavy atom. The Labute approximate surface area is 49.0 Å². The molecule has 0 bridgehead atoms. The average molecular weight is 113 g/mol. The van der Waals surface area contributed by atoms with E-state index < -0.39 is 0 Å². The maximum atomic E-state index is 2.21. The number of rotatable bonds is 1. The molecule has 1 aliphatic heterocycles. The zero-order chi connectivity index (χ0) is 5.11. The summed E-state index contributed by atoms with van der Waals surface area (Å²) in [5.74, 6) is 0. The molecule has 1 heteroatoms. The Hall–Kier alpha value is 0.0900. The van der Waals surface area contributed by atoms with Gasteiger partial charge in [-0.3, -0.25) is 0 Å². The Balaban J connectivity index is 2.22. The number of thioether (sulfide) groups is 1. The molecule has 39 valence electrons. The molecule has 0 aromatic rings. The summed E-state index contributed by atoms with van der Waals surface area (Å²) in [6.45, 7) is 2.20. The summed E-state index contributed by atoms with van der Waals surface area (Å²) in [6, 6.07) is 0. The SMILES string of the molecule is CC[C]1CC=CS1. The van der Waals surface area contributed by atoms with Gasteiger partial charge in [-0.2, -0.15) is 0 Å². The van der Waals surface area contributed by atoms with Crippen LogP contribution in [-0.4, -0.2) is 0 Å². The van der Waals surface area contributed by atoms with E-state index in [2.05, 4.69) is 18.4 Å². The van der Waals surface area contributed by atoms with Gasteiger partial charge in [0.15, 0.2) is 0 Å². The van der Waals surface area contributed by atoms with Crippen molar-refractivity contribution >= 4 is 11.8 Å². The molecule has 0 saturated heterocycles. The third-order valence-electron chi connectivity index (χ3n) is 1.07. The van der Waals surface area contributed by atoms with Crippen molar-refractivity contribution in [1.82, 2.24) is 0 Å². The first kappa shape index (κ1) is 5.23. The quantitative estimate of drug-likeness (QED) is 0.503. The fraction of sp³-hybridized carbons (Fsp3) is 0.500. The first-order chi connectivity index (χ1) is 3.43. The van der Waals surface area contributed by atoms with Gasteiger partial charge in [-0.15, -0.1) is 11.8 Å². The lowest BCUT2D eigenvalue weighted by molar-refractivity contribution is 0.998. The molecule has 7 heavy (non-hydrogen) atoms. The van der Waals surface area contributed by atoms with Gasteiger partial charge in [0, 0.05) is 5.25 Å². The minimum absolute atomic E-state index is 1.21. The minimum Gasteiger partial charge on any atom is -0.126 e. The van der Waals surface area contributed by atoms with E-state index in [1.54, 1.807) is 5.25 Å². The van der Waals surface area contributed by atoms with Crippen LogP contribution in [0.5, 0.6) is 0 Å². The van der Waals surface area contributed by atoms with Crippen LogP contribution >= 0.6 is 11.8 Å². The van der Waals surface area contributed by atoms with Crippen LogP contribution in [0, 0.1) is 5.25 Å². The fourth-order valence-corrected chi connectivity index (χ4v) is 1.34. The van der Waals surface area contributed by atoms with E-state index in [4.69, 9.17) is 0 Å². The molecule has 1 radical (unpaired) electrons. The Morgan fingerprint density at radius 3 is 3.00 bits per heavy atom. The van der Waals surface area contributed by atoms with E-state index >= 15 is 0 Å². The second kappa shape index (κ2) is 2.41. The van der Waals surface area contributed by atoms with Gasteiger partial charge in [0.25, 0.3) is 0 Å². The zero-order valence-electron chi connectivity index (χ0n) is 4.48. The van der Waals surface area contributed by atoms with Crippen LogP contribution in [0.3, 0.4) is 0 Å². The highest BCUT2D eigenvalue weighted by atomic mass is 32.2. The van der Waals surface area contributed by atoms with Crippen LogP contribution in [0.15, 0.2) is 11.5 Å². The Bertz CT molecular complexity index is 68.2. The van der Waals surface area contributed by atoms with E-state index in [0.29, 0.717) is 0 Å². The summed E-state index contributed by atoms with van der Waals surface area (Å²) in [5, 5.41) is 3.76. The molecule has 0 aromatic carbocycles. The molecule has 0 spiro atoms. The predicted molar refractivity (Wildman–Crippen MR) is 34.9 cm³/mol. The van der Waals surface area contributed by atoms with E-state index in [1.165, 1.54) is 12.8 Å². The lowest BCUT2D eigenvalue weighted by Crippen LogP contribution is -1.78. The van der Waals surface area contributed by atoms with Crippen molar-refractivity contribution in [3.63, 3.8) is 0 Å². The Morgan fingerprint density at radius 1 is 1.86 bits per heavy atom. The maximum absolute atomic E-state index is 2.21. The molecular weight excluding hydrogens is 104 g/mol. The third-order valence-corrected chi connectivity index (χ3v) is 2.19. The molecule has 0 amide bonds.